The van der Waals surface area contributed by atoms with Gasteiger partial charge in [0.25, 0.3) is 0 Å². The van der Waals surface area contributed by atoms with E-state index in [1.165, 1.54) is 6.07 Å². The van der Waals surface area contributed by atoms with Crippen LogP contribution in [0.4, 0.5) is 4.39 Å². The Morgan fingerprint density at radius 2 is 1.71 bits per heavy atom. The van der Waals surface area contributed by atoms with Crippen molar-refractivity contribution in [3.05, 3.63) is 77.1 Å². The summed E-state index contributed by atoms with van der Waals surface area (Å²) < 4.78 is 40.7. The Morgan fingerprint density at radius 3 is 2.42 bits per heavy atom. The smallest absolute Gasteiger partial charge is 0.207 e. The van der Waals surface area contributed by atoms with E-state index < -0.39 is 21.9 Å². The number of nitrogens with one attached hydrogen (secondary N) is 1. The minimum atomic E-state index is -3.80. The molecule has 0 radical (unpaired) electrons. The number of hydrogen-bond donors (Lipinski definition) is 1. The molecule has 0 aromatic heterocycles. The first-order valence-electron chi connectivity index (χ1n) is 7.33. The maximum atomic E-state index is 13.2. The number of rotatable bonds is 4. The van der Waals surface area contributed by atoms with Gasteiger partial charge in [0, 0.05) is 6.04 Å². The molecular formula is C18H15ClFNO2S. The van der Waals surface area contributed by atoms with E-state index in [2.05, 4.69) is 4.72 Å². The molecule has 0 saturated heterocycles. The normalized spacial score (nSPS) is 13.1. The van der Waals surface area contributed by atoms with Crippen molar-refractivity contribution in [2.24, 2.45) is 0 Å². The summed E-state index contributed by atoms with van der Waals surface area (Å²) in [5.41, 5.74) is 0.838. The van der Waals surface area contributed by atoms with Crippen molar-refractivity contribution in [1.82, 2.24) is 4.72 Å². The van der Waals surface area contributed by atoms with E-state index in [0.29, 0.717) is 0 Å². The molecule has 0 heterocycles. The van der Waals surface area contributed by atoms with E-state index in [4.69, 9.17) is 11.6 Å². The molecule has 24 heavy (non-hydrogen) atoms. The van der Waals surface area contributed by atoms with Gasteiger partial charge in [-0.05, 0) is 47.5 Å². The van der Waals surface area contributed by atoms with Crippen molar-refractivity contribution >= 4 is 32.4 Å². The van der Waals surface area contributed by atoms with Gasteiger partial charge < -0.3 is 0 Å². The highest BCUT2D eigenvalue weighted by molar-refractivity contribution is 7.89. The Kier molecular flexibility index (Phi) is 4.58. The monoisotopic (exact) mass is 363 g/mol. The fourth-order valence-corrected chi connectivity index (χ4v) is 3.99. The van der Waals surface area contributed by atoms with Gasteiger partial charge in [0.2, 0.25) is 10.0 Å². The van der Waals surface area contributed by atoms with E-state index in [9.17, 15) is 12.8 Å². The zero-order valence-electron chi connectivity index (χ0n) is 12.8. The quantitative estimate of drug-likeness (QED) is 0.732. The number of sulfonamides is 1. The summed E-state index contributed by atoms with van der Waals surface area (Å²) in [6, 6.07) is 16.5. The second-order valence-electron chi connectivity index (χ2n) is 5.53. The predicted octanol–water partition coefficient (Wildman–Crippen LogP) is 4.67. The molecule has 0 aliphatic heterocycles. The van der Waals surface area contributed by atoms with Crippen LogP contribution in [0, 0.1) is 5.82 Å². The topological polar surface area (TPSA) is 46.2 Å². The van der Waals surface area contributed by atoms with E-state index in [0.717, 1.165) is 28.5 Å². The molecule has 1 atom stereocenters. The second kappa shape index (κ2) is 6.51. The number of fused-ring (bicyclic) bond motifs is 1. The Morgan fingerprint density at radius 1 is 1.00 bits per heavy atom. The van der Waals surface area contributed by atoms with E-state index in [-0.39, 0.29) is 9.92 Å². The van der Waals surface area contributed by atoms with E-state index >= 15 is 0 Å². The van der Waals surface area contributed by atoms with Crippen molar-refractivity contribution in [1.29, 1.82) is 0 Å². The lowest BCUT2D eigenvalue weighted by Crippen LogP contribution is -2.26. The first kappa shape index (κ1) is 16.9. The molecule has 0 fully saturated rings. The summed E-state index contributed by atoms with van der Waals surface area (Å²) >= 11 is 5.67. The van der Waals surface area contributed by atoms with Crippen LogP contribution in [-0.2, 0) is 10.0 Å². The van der Waals surface area contributed by atoms with Crippen LogP contribution in [0.1, 0.15) is 18.5 Å². The summed E-state index contributed by atoms with van der Waals surface area (Å²) in [4.78, 5) is -0.0680. The van der Waals surface area contributed by atoms with Crippen molar-refractivity contribution < 1.29 is 12.8 Å². The lowest BCUT2D eigenvalue weighted by atomic mass is 10.0. The molecule has 3 nitrogen and oxygen atoms in total. The third-order valence-corrected chi connectivity index (χ3v) is 5.63. The van der Waals surface area contributed by atoms with Gasteiger partial charge >= 0.3 is 0 Å². The molecule has 0 aliphatic rings. The predicted molar refractivity (Wildman–Crippen MR) is 94.1 cm³/mol. The molecule has 3 aromatic carbocycles. The lowest BCUT2D eigenvalue weighted by Gasteiger charge is -2.15. The van der Waals surface area contributed by atoms with Crippen LogP contribution < -0.4 is 4.72 Å². The molecule has 3 aromatic rings. The Hall–Kier alpha value is -1.95. The standard InChI is InChI=1S/C18H15ClFNO2S/c1-12(14-7-6-13-4-2-3-5-15(13)10-14)21-24(22,23)16-8-9-18(20)17(19)11-16/h2-12,21H,1H3. The van der Waals surface area contributed by atoms with Crippen LogP contribution in [0.15, 0.2) is 65.6 Å². The minimum Gasteiger partial charge on any atom is -0.207 e. The van der Waals surface area contributed by atoms with Gasteiger partial charge in [-0.25, -0.2) is 17.5 Å². The number of hydrogen-bond acceptors (Lipinski definition) is 2. The molecule has 6 heteroatoms. The largest absolute Gasteiger partial charge is 0.241 e. The van der Waals surface area contributed by atoms with Gasteiger partial charge in [-0.1, -0.05) is 48.0 Å². The summed E-state index contributed by atoms with van der Waals surface area (Å²) in [7, 11) is -3.80. The zero-order valence-corrected chi connectivity index (χ0v) is 14.4. The van der Waals surface area contributed by atoms with Gasteiger partial charge in [-0.15, -0.1) is 0 Å². The average molecular weight is 364 g/mol. The molecule has 0 saturated carbocycles. The molecule has 0 bridgehead atoms. The van der Waals surface area contributed by atoms with Crippen LogP contribution in [0.2, 0.25) is 5.02 Å². The van der Waals surface area contributed by atoms with Crippen LogP contribution in [0.5, 0.6) is 0 Å². The highest BCUT2D eigenvalue weighted by atomic mass is 35.5. The maximum Gasteiger partial charge on any atom is 0.241 e. The fraction of sp³-hybridized carbons (Fsp3) is 0.111. The third-order valence-electron chi connectivity index (χ3n) is 3.81. The SMILES string of the molecule is CC(NS(=O)(=O)c1ccc(F)c(Cl)c1)c1ccc2ccccc2c1. The molecule has 0 amide bonds. The molecule has 1 N–H and O–H groups in total. The summed E-state index contributed by atoms with van der Waals surface area (Å²) in [6.45, 7) is 1.76. The third kappa shape index (κ3) is 3.43. The summed E-state index contributed by atoms with van der Waals surface area (Å²) in [6.07, 6.45) is 0. The van der Waals surface area contributed by atoms with Crippen molar-refractivity contribution in [2.45, 2.75) is 17.9 Å². The average Bonchev–Trinajstić information content (AvgIpc) is 2.56. The van der Waals surface area contributed by atoms with Gasteiger partial charge in [-0.3, -0.25) is 0 Å². The lowest BCUT2D eigenvalue weighted by molar-refractivity contribution is 0.566. The Bertz CT molecular complexity index is 1000. The van der Waals surface area contributed by atoms with E-state index in [1.54, 1.807) is 6.92 Å². The van der Waals surface area contributed by atoms with Gasteiger partial charge in [0.15, 0.2) is 0 Å². The molecular weight excluding hydrogens is 349 g/mol. The Balaban J connectivity index is 1.88. The fourth-order valence-electron chi connectivity index (χ4n) is 2.49. The van der Waals surface area contributed by atoms with Gasteiger partial charge in [0.05, 0.1) is 9.92 Å². The first-order chi connectivity index (χ1) is 11.4. The molecule has 1 unspecified atom stereocenters. The van der Waals surface area contributed by atoms with Crippen LogP contribution >= 0.6 is 11.6 Å². The van der Waals surface area contributed by atoms with Crippen molar-refractivity contribution in [2.75, 3.05) is 0 Å². The molecule has 124 valence electrons. The highest BCUT2D eigenvalue weighted by Gasteiger charge is 2.19. The molecule has 0 spiro atoms. The van der Waals surface area contributed by atoms with Gasteiger partial charge in [0.1, 0.15) is 5.82 Å². The Labute approximate surface area is 145 Å². The zero-order chi connectivity index (χ0) is 17.3. The number of benzene rings is 3. The number of halogens is 2. The van der Waals surface area contributed by atoms with Crippen LogP contribution in [0.25, 0.3) is 10.8 Å². The van der Waals surface area contributed by atoms with E-state index in [1.807, 2.05) is 42.5 Å². The first-order valence-corrected chi connectivity index (χ1v) is 9.19. The minimum absolute atomic E-state index is 0.0680. The van der Waals surface area contributed by atoms with Crippen LogP contribution in [-0.4, -0.2) is 8.42 Å². The van der Waals surface area contributed by atoms with Crippen molar-refractivity contribution in [3.63, 3.8) is 0 Å². The summed E-state index contributed by atoms with van der Waals surface area (Å²) in [5, 5.41) is 1.89. The second-order valence-corrected chi connectivity index (χ2v) is 7.65. The van der Waals surface area contributed by atoms with Gasteiger partial charge in [-0.2, -0.15) is 0 Å². The van der Waals surface area contributed by atoms with Crippen LogP contribution in [0.3, 0.4) is 0 Å². The van der Waals surface area contributed by atoms with Crippen molar-refractivity contribution in [3.8, 4) is 0 Å². The maximum absolute atomic E-state index is 13.2. The summed E-state index contributed by atoms with van der Waals surface area (Å²) in [5.74, 6) is -0.654. The molecule has 3 rings (SSSR count). The highest BCUT2D eigenvalue weighted by Crippen LogP contribution is 2.24. The molecule has 0 aliphatic carbocycles.